The van der Waals surface area contributed by atoms with E-state index in [2.05, 4.69) is 22.9 Å². The molecule has 0 saturated carbocycles. The number of carbonyl (C=O) groups is 1. The number of carbonyl (C=O) groups excluding carboxylic acids is 1. The number of aryl methyl sites for hydroxylation is 1. The lowest BCUT2D eigenvalue weighted by molar-refractivity contribution is 0.0996. The first-order chi connectivity index (χ1) is 8.22. The van der Waals surface area contributed by atoms with Crippen LogP contribution < -0.4 is 0 Å². The van der Waals surface area contributed by atoms with Crippen LogP contribution in [0.5, 0.6) is 0 Å². The summed E-state index contributed by atoms with van der Waals surface area (Å²) in [6, 6.07) is 9.92. The Balaban J connectivity index is 2.20. The van der Waals surface area contributed by atoms with Crippen molar-refractivity contribution in [2.75, 3.05) is 0 Å². The third-order valence-corrected chi connectivity index (χ3v) is 4.46. The second-order valence-corrected chi connectivity index (χ2v) is 5.59. The van der Waals surface area contributed by atoms with E-state index in [1.54, 1.807) is 11.3 Å². The maximum Gasteiger partial charge on any atom is 0.177 e. The molecule has 0 N–H and O–H groups in total. The van der Waals surface area contributed by atoms with Crippen LogP contribution in [-0.2, 0) is 12.8 Å². The van der Waals surface area contributed by atoms with Crippen molar-refractivity contribution in [3.8, 4) is 0 Å². The van der Waals surface area contributed by atoms with E-state index < -0.39 is 0 Å². The molecule has 1 nitrogen and oxygen atoms in total. The monoisotopic (exact) mass is 308 g/mol. The lowest BCUT2D eigenvalue weighted by atomic mass is 10.1. The molecule has 0 radical (unpaired) electrons. The SMILES string of the molecule is CCc1ccsc1C(=O)Cc1ccccc1Br. The van der Waals surface area contributed by atoms with Crippen LogP contribution in [0.25, 0.3) is 0 Å². The van der Waals surface area contributed by atoms with Gasteiger partial charge in [0.05, 0.1) is 4.88 Å². The third kappa shape index (κ3) is 2.85. The summed E-state index contributed by atoms with van der Waals surface area (Å²) < 4.78 is 1.00. The Kier molecular flexibility index (Phi) is 4.13. The highest BCUT2D eigenvalue weighted by atomic mass is 79.9. The smallest absolute Gasteiger partial charge is 0.177 e. The average Bonchev–Trinajstić information content (AvgIpc) is 2.80. The highest BCUT2D eigenvalue weighted by molar-refractivity contribution is 9.10. The molecule has 0 unspecified atom stereocenters. The lowest BCUT2D eigenvalue weighted by Gasteiger charge is -2.04. The van der Waals surface area contributed by atoms with Crippen molar-refractivity contribution in [2.45, 2.75) is 19.8 Å². The number of thiophene rings is 1. The molecule has 88 valence electrons. The van der Waals surface area contributed by atoms with Gasteiger partial charge < -0.3 is 0 Å². The Morgan fingerprint density at radius 2 is 2.00 bits per heavy atom. The van der Waals surface area contributed by atoms with Gasteiger partial charge in [-0.3, -0.25) is 4.79 Å². The Morgan fingerprint density at radius 1 is 1.24 bits per heavy atom. The topological polar surface area (TPSA) is 17.1 Å². The second kappa shape index (κ2) is 5.61. The molecule has 2 aromatic rings. The maximum absolute atomic E-state index is 12.2. The van der Waals surface area contributed by atoms with Gasteiger partial charge >= 0.3 is 0 Å². The molecular weight excluding hydrogens is 296 g/mol. The van der Waals surface area contributed by atoms with Gasteiger partial charge in [0, 0.05) is 10.9 Å². The number of hydrogen-bond acceptors (Lipinski definition) is 2. The summed E-state index contributed by atoms with van der Waals surface area (Å²) in [4.78, 5) is 13.1. The van der Waals surface area contributed by atoms with Crippen molar-refractivity contribution in [1.82, 2.24) is 0 Å². The molecule has 0 amide bonds. The molecular formula is C14H13BrOS. The second-order valence-electron chi connectivity index (χ2n) is 3.82. The van der Waals surface area contributed by atoms with Crippen molar-refractivity contribution < 1.29 is 4.79 Å². The zero-order valence-corrected chi connectivity index (χ0v) is 12.0. The first kappa shape index (κ1) is 12.5. The van der Waals surface area contributed by atoms with Gasteiger partial charge in [-0.25, -0.2) is 0 Å². The molecule has 0 spiro atoms. The van der Waals surface area contributed by atoms with Crippen molar-refractivity contribution >= 4 is 33.0 Å². The minimum atomic E-state index is 0.212. The fraction of sp³-hybridized carbons (Fsp3) is 0.214. The Bertz CT molecular complexity index is 531. The predicted molar refractivity (Wildman–Crippen MR) is 75.9 cm³/mol. The third-order valence-electron chi connectivity index (χ3n) is 2.69. The number of Topliss-reactive ketones (excluding diaryl/α,β-unsaturated/α-hetero) is 1. The van der Waals surface area contributed by atoms with Crippen LogP contribution in [0.4, 0.5) is 0 Å². The van der Waals surface area contributed by atoms with Gasteiger partial charge in [-0.1, -0.05) is 41.1 Å². The number of ketones is 1. The van der Waals surface area contributed by atoms with Crippen molar-refractivity contribution in [1.29, 1.82) is 0 Å². The lowest BCUT2D eigenvalue weighted by Crippen LogP contribution is -2.04. The highest BCUT2D eigenvalue weighted by Gasteiger charge is 2.13. The summed E-state index contributed by atoms with van der Waals surface area (Å²) in [6.07, 6.45) is 1.38. The highest BCUT2D eigenvalue weighted by Crippen LogP contribution is 2.22. The number of rotatable bonds is 4. The molecule has 0 aliphatic carbocycles. The number of halogens is 1. The van der Waals surface area contributed by atoms with Crippen LogP contribution in [0.15, 0.2) is 40.2 Å². The van der Waals surface area contributed by atoms with E-state index in [4.69, 9.17) is 0 Å². The fourth-order valence-electron chi connectivity index (χ4n) is 1.75. The molecule has 0 atom stereocenters. The van der Waals surface area contributed by atoms with Crippen LogP contribution in [0.1, 0.15) is 27.7 Å². The molecule has 3 heteroatoms. The van der Waals surface area contributed by atoms with Crippen LogP contribution in [-0.4, -0.2) is 5.78 Å². The summed E-state index contributed by atoms with van der Waals surface area (Å²) in [5.41, 5.74) is 2.21. The molecule has 0 aliphatic rings. The van der Waals surface area contributed by atoms with Gasteiger partial charge in [-0.2, -0.15) is 0 Å². The van der Waals surface area contributed by atoms with Crippen LogP contribution in [0.3, 0.4) is 0 Å². The van der Waals surface area contributed by atoms with Gasteiger partial charge in [0.15, 0.2) is 5.78 Å². The van der Waals surface area contributed by atoms with Gasteiger partial charge in [-0.15, -0.1) is 11.3 Å². The summed E-state index contributed by atoms with van der Waals surface area (Å²) >= 11 is 5.02. The zero-order chi connectivity index (χ0) is 12.3. The quantitative estimate of drug-likeness (QED) is 0.760. The number of benzene rings is 1. The summed E-state index contributed by atoms with van der Waals surface area (Å²) in [5, 5.41) is 1.99. The van der Waals surface area contributed by atoms with Crippen molar-refractivity contribution in [3.05, 3.63) is 56.2 Å². The van der Waals surface area contributed by atoms with E-state index in [1.165, 1.54) is 0 Å². The van der Waals surface area contributed by atoms with E-state index in [0.29, 0.717) is 6.42 Å². The summed E-state index contributed by atoms with van der Waals surface area (Å²) in [7, 11) is 0. The molecule has 1 aromatic heterocycles. The van der Waals surface area contributed by atoms with E-state index in [1.807, 2.05) is 35.7 Å². The summed E-state index contributed by atoms with van der Waals surface area (Å²) in [6.45, 7) is 2.08. The fourth-order valence-corrected chi connectivity index (χ4v) is 3.11. The van der Waals surface area contributed by atoms with Crippen molar-refractivity contribution in [2.24, 2.45) is 0 Å². The van der Waals surface area contributed by atoms with Gasteiger partial charge in [-0.05, 0) is 35.1 Å². The Hall–Kier alpha value is -0.930. The molecule has 2 rings (SSSR count). The molecule has 0 fully saturated rings. The molecule has 17 heavy (non-hydrogen) atoms. The Morgan fingerprint density at radius 3 is 2.71 bits per heavy atom. The Labute approximate surface area is 114 Å². The van der Waals surface area contributed by atoms with Gasteiger partial charge in [0.2, 0.25) is 0 Å². The van der Waals surface area contributed by atoms with Crippen LogP contribution >= 0.6 is 27.3 Å². The van der Waals surface area contributed by atoms with Crippen LogP contribution in [0, 0.1) is 0 Å². The predicted octanol–water partition coefficient (Wildman–Crippen LogP) is 4.50. The molecule has 1 aromatic carbocycles. The summed E-state index contributed by atoms with van der Waals surface area (Å²) in [5.74, 6) is 0.212. The van der Waals surface area contributed by atoms with Gasteiger partial charge in [0.25, 0.3) is 0 Å². The minimum Gasteiger partial charge on any atom is -0.293 e. The average molecular weight is 309 g/mol. The number of hydrogen-bond donors (Lipinski definition) is 0. The largest absolute Gasteiger partial charge is 0.293 e. The maximum atomic E-state index is 12.2. The minimum absolute atomic E-state index is 0.212. The molecule has 1 heterocycles. The van der Waals surface area contributed by atoms with E-state index in [-0.39, 0.29) is 5.78 Å². The van der Waals surface area contributed by atoms with Crippen molar-refractivity contribution in [3.63, 3.8) is 0 Å². The van der Waals surface area contributed by atoms with Gasteiger partial charge in [0.1, 0.15) is 0 Å². The first-order valence-electron chi connectivity index (χ1n) is 5.55. The zero-order valence-electron chi connectivity index (χ0n) is 9.57. The van der Waals surface area contributed by atoms with E-state index in [9.17, 15) is 4.79 Å². The molecule has 0 aliphatic heterocycles. The standard InChI is InChI=1S/C14H13BrOS/c1-2-10-7-8-17-14(10)13(16)9-11-5-3-4-6-12(11)15/h3-8H,2,9H2,1H3. The van der Waals surface area contributed by atoms with E-state index in [0.717, 1.165) is 26.9 Å². The normalized spacial score (nSPS) is 10.5. The van der Waals surface area contributed by atoms with Crippen LogP contribution in [0.2, 0.25) is 0 Å². The first-order valence-corrected chi connectivity index (χ1v) is 7.22. The molecule has 0 bridgehead atoms. The van der Waals surface area contributed by atoms with E-state index >= 15 is 0 Å². The molecule has 0 saturated heterocycles.